The number of nitrogens with zero attached hydrogens (tertiary/aromatic N) is 2. The average molecular weight is 394 g/mol. The summed E-state index contributed by atoms with van der Waals surface area (Å²) in [5, 5.41) is 4.04. The second-order valence-corrected chi connectivity index (χ2v) is 9.02. The number of para-hydroxylation sites is 1. The second kappa shape index (κ2) is 6.98. The van der Waals surface area contributed by atoms with E-state index in [4.69, 9.17) is 0 Å². The van der Waals surface area contributed by atoms with Gasteiger partial charge in [0.2, 0.25) is 0 Å². The van der Waals surface area contributed by atoms with E-state index < -0.39 is 0 Å². The Kier molecular flexibility index (Phi) is 4.39. The molecule has 5 rings (SSSR count). The lowest BCUT2D eigenvalue weighted by molar-refractivity contribution is -0.479. The number of aryl methyl sites for hydroxylation is 1. The molecular formula is C28H29N2+. The lowest BCUT2D eigenvalue weighted by Crippen LogP contribution is -2.23. The van der Waals surface area contributed by atoms with Gasteiger partial charge in [-0.15, -0.1) is 0 Å². The van der Waals surface area contributed by atoms with Crippen molar-refractivity contribution in [1.29, 1.82) is 0 Å². The van der Waals surface area contributed by atoms with Crippen molar-refractivity contribution in [3.8, 4) is 0 Å². The molecule has 0 unspecified atom stereocenters. The fourth-order valence-electron chi connectivity index (χ4n) is 4.72. The molecule has 150 valence electrons. The van der Waals surface area contributed by atoms with Crippen molar-refractivity contribution in [2.75, 3.05) is 0 Å². The van der Waals surface area contributed by atoms with E-state index in [1.54, 1.807) is 0 Å². The number of rotatable bonds is 4. The summed E-state index contributed by atoms with van der Waals surface area (Å²) < 4.78 is 4.81. The van der Waals surface area contributed by atoms with Crippen molar-refractivity contribution in [1.82, 2.24) is 4.57 Å². The summed E-state index contributed by atoms with van der Waals surface area (Å²) in [5.41, 5.74) is 6.75. The zero-order valence-electron chi connectivity index (χ0n) is 18.3. The Morgan fingerprint density at radius 3 is 2.30 bits per heavy atom. The van der Waals surface area contributed by atoms with Crippen molar-refractivity contribution in [3.63, 3.8) is 0 Å². The topological polar surface area (TPSA) is 9.03 Å². The molecule has 0 aliphatic carbocycles. The van der Waals surface area contributed by atoms with Crippen LogP contribution in [0.1, 0.15) is 44.0 Å². The molecule has 2 heteroatoms. The Balaban J connectivity index is 1.93. The number of imidazole rings is 1. The largest absolute Gasteiger partial charge is 0.295 e. The monoisotopic (exact) mass is 393 g/mol. The van der Waals surface area contributed by atoms with Gasteiger partial charge >= 0.3 is 0 Å². The van der Waals surface area contributed by atoms with Gasteiger partial charge < -0.3 is 0 Å². The molecule has 0 bridgehead atoms. The fourth-order valence-corrected chi connectivity index (χ4v) is 4.72. The van der Waals surface area contributed by atoms with Gasteiger partial charge in [0, 0.05) is 17.2 Å². The first-order valence-electron chi connectivity index (χ1n) is 10.9. The molecule has 0 saturated carbocycles. The lowest BCUT2D eigenvalue weighted by Gasteiger charge is -2.25. The van der Waals surface area contributed by atoms with Gasteiger partial charge in [0.15, 0.2) is 0 Å². The summed E-state index contributed by atoms with van der Waals surface area (Å²) in [4.78, 5) is 0. The molecule has 0 aliphatic rings. The van der Waals surface area contributed by atoms with E-state index >= 15 is 0 Å². The van der Waals surface area contributed by atoms with Crippen LogP contribution in [0.5, 0.6) is 0 Å². The summed E-state index contributed by atoms with van der Waals surface area (Å²) in [6, 6.07) is 26.4. The molecule has 0 fully saturated rings. The third-order valence-corrected chi connectivity index (χ3v) is 6.84. The molecule has 0 saturated heterocycles. The number of pyridine rings is 1. The van der Waals surface area contributed by atoms with Gasteiger partial charge in [-0.2, -0.15) is 4.40 Å². The van der Waals surface area contributed by atoms with E-state index in [1.165, 1.54) is 44.1 Å². The Morgan fingerprint density at radius 2 is 1.53 bits per heavy atom. The van der Waals surface area contributed by atoms with Gasteiger partial charge in [0.1, 0.15) is 17.4 Å². The first-order chi connectivity index (χ1) is 14.5. The molecule has 2 aromatic heterocycles. The summed E-state index contributed by atoms with van der Waals surface area (Å²) >= 11 is 0. The number of hydrogen-bond donors (Lipinski definition) is 0. The smallest absolute Gasteiger partial charge is 0.229 e. The molecule has 0 N–H and O–H groups in total. The summed E-state index contributed by atoms with van der Waals surface area (Å²) in [6.45, 7) is 7.01. The van der Waals surface area contributed by atoms with Crippen molar-refractivity contribution in [2.45, 2.75) is 39.0 Å². The highest BCUT2D eigenvalue weighted by molar-refractivity contribution is 6.10. The van der Waals surface area contributed by atoms with E-state index in [-0.39, 0.29) is 5.41 Å². The van der Waals surface area contributed by atoms with Crippen LogP contribution in [0, 0.1) is 0 Å². The van der Waals surface area contributed by atoms with E-state index in [0.29, 0.717) is 0 Å². The summed E-state index contributed by atoms with van der Waals surface area (Å²) in [7, 11) is 2.22. The Morgan fingerprint density at radius 1 is 0.833 bits per heavy atom. The van der Waals surface area contributed by atoms with Gasteiger partial charge in [-0.1, -0.05) is 87.5 Å². The maximum Gasteiger partial charge on any atom is 0.295 e. The molecule has 0 spiro atoms. The third-order valence-electron chi connectivity index (χ3n) is 6.84. The number of aromatic nitrogens is 2. The number of benzene rings is 3. The van der Waals surface area contributed by atoms with Crippen molar-refractivity contribution < 1.29 is 4.40 Å². The zero-order valence-corrected chi connectivity index (χ0v) is 18.3. The molecule has 2 nitrogen and oxygen atoms in total. The number of hydrogen-bond acceptors (Lipinski definition) is 0. The highest BCUT2D eigenvalue weighted by atomic mass is 15.1. The normalized spacial score (nSPS) is 12.3. The van der Waals surface area contributed by atoms with E-state index in [0.717, 1.165) is 12.8 Å². The standard InChI is InChI=1S/C28H29N2/c1-5-28(2,3)24-16-11-15-23-22-14-9-10-17-25(22)30-19-21(29(4)27(30)26(23)24)18-20-12-7-6-8-13-20/h6-17,19H,5,18H2,1-4H3/q+1. The van der Waals surface area contributed by atoms with Crippen LogP contribution in [0.25, 0.3) is 27.3 Å². The van der Waals surface area contributed by atoms with Crippen molar-refractivity contribution >= 4 is 27.3 Å². The predicted molar refractivity (Wildman–Crippen MR) is 126 cm³/mol. The Labute approximate surface area is 178 Å². The van der Waals surface area contributed by atoms with Crippen LogP contribution in [0.3, 0.4) is 0 Å². The summed E-state index contributed by atoms with van der Waals surface area (Å²) in [6.07, 6.45) is 4.36. The highest BCUT2D eigenvalue weighted by Gasteiger charge is 2.28. The second-order valence-electron chi connectivity index (χ2n) is 9.02. The van der Waals surface area contributed by atoms with Crippen LogP contribution in [-0.4, -0.2) is 4.57 Å². The molecular weight excluding hydrogens is 364 g/mol. The van der Waals surface area contributed by atoms with Crippen LogP contribution in [0.2, 0.25) is 0 Å². The first kappa shape index (κ1) is 18.9. The van der Waals surface area contributed by atoms with Crippen LogP contribution >= 0.6 is 0 Å². The van der Waals surface area contributed by atoms with E-state index in [1.807, 2.05) is 0 Å². The average Bonchev–Trinajstić information content (AvgIpc) is 3.10. The molecule has 2 heterocycles. The quantitative estimate of drug-likeness (QED) is 0.249. The maximum atomic E-state index is 2.41. The van der Waals surface area contributed by atoms with Crippen LogP contribution < -0.4 is 4.40 Å². The van der Waals surface area contributed by atoms with Crippen LogP contribution in [0.4, 0.5) is 0 Å². The molecule has 0 radical (unpaired) electrons. The highest BCUT2D eigenvalue weighted by Crippen LogP contribution is 2.37. The van der Waals surface area contributed by atoms with Crippen molar-refractivity contribution in [3.05, 3.63) is 95.8 Å². The van der Waals surface area contributed by atoms with Crippen LogP contribution in [-0.2, 0) is 18.9 Å². The van der Waals surface area contributed by atoms with Gasteiger partial charge in [-0.3, -0.25) is 0 Å². The fraction of sp³-hybridized carbons (Fsp3) is 0.250. The van der Waals surface area contributed by atoms with Gasteiger partial charge in [0.05, 0.1) is 12.4 Å². The first-order valence-corrected chi connectivity index (χ1v) is 10.9. The minimum Gasteiger partial charge on any atom is -0.229 e. The molecule has 3 aromatic carbocycles. The van der Waals surface area contributed by atoms with E-state index in [9.17, 15) is 0 Å². The molecule has 0 amide bonds. The molecule has 5 aromatic rings. The van der Waals surface area contributed by atoms with Gasteiger partial charge in [-0.05, 0) is 29.0 Å². The number of fused-ring (bicyclic) bond motifs is 6. The zero-order chi connectivity index (χ0) is 20.9. The lowest BCUT2D eigenvalue weighted by atomic mass is 9.79. The SMILES string of the molecule is CCC(C)(C)c1cccc2c3ccccc3[n+]3cc(Cc4ccccc4)n(C)c3c12. The third kappa shape index (κ3) is 2.82. The Bertz CT molecular complexity index is 1370. The predicted octanol–water partition coefficient (Wildman–Crippen LogP) is 6.35. The molecule has 0 aliphatic heterocycles. The minimum atomic E-state index is 0.110. The maximum absolute atomic E-state index is 2.41. The molecule has 30 heavy (non-hydrogen) atoms. The van der Waals surface area contributed by atoms with Gasteiger partial charge in [-0.25, -0.2) is 4.57 Å². The molecule has 0 atom stereocenters. The van der Waals surface area contributed by atoms with E-state index in [2.05, 4.69) is 116 Å². The van der Waals surface area contributed by atoms with Crippen LogP contribution in [0.15, 0.2) is 79.0 Å². The minimum absolute atomic E-state index is 0.110. The van der Waals surface area contributed by atoms with Crippen molar-refractivity contribution in [2.24, 2.45) is 7.05 Å². The summed E-state index contributed by atoms with van der Waals surface area (Å²) in [5.74, 6) is 0. The Hall–Kier alpha value is -3.13. The van der Waals surface area contributed by atoms with Gasteiger partial charge in [0.25, 0.3) is 5.65 Å².